The second-order valence-corrected chi connectivity index (χ2v) is 6.86. The monoisotopic (exact) mass is 409 g/mol. The molecule has 1 saturated carbocycles. The standard InChI is InChI=1S/C13H17BrINO/c14-11-5-4-10(15)8-12(11)16-9-13(17)6-2-1-3-7-13/h4-5,8,16-17H,1-3,6-7,9H2. The Kier molecular flexibility index (Phi) is 4.72. The van der Waals surface area contributed by atoms with Crippen molar-refractivity contribution < 1.29 is 5.11 Å². The van der Waals surface area contributed by atoms with Crippen LogP contribution in [-0.2, 0) is 0 Å². The zero-order valence-corrected chi connectivity index (χ0v) is 13.4. The second-order valence-electron chi connectivity index (χ2n) is 4.76. The highest BCUT2D eigenvalue weighted by atomic mass is 127. The minimum atomic E-state index is -0.515. The van der Waals surface area contributed by atoms with E-state index in [2.05, 4.69) is 56.0 Å². The van der Waals surface area contributed by atoms with Crippen molar-refractivity contribution in [2.75, 3.05) is 11.9 Å². The van der Waals surface area contributed by atoms with Crippen LogP contribution in [0.2, 0.25) is 0 Å². The van der Waals surface area contributed by atoms with E-state index < -0.39 is 5.60 Å². The molecule has 0 unspecified atom stereocenters. The quantitative estimate of drug-likeness (QED) is 0.734. The molecule has 1 aromatic carbocycles. The molecule has 0 spiro atoms. The first kappa shape index (κ1) is 13.6. The number of benzene rings is 1. The SMILES string of the molecule is OC1(CNc2cc(I)ccc2Br)CCCCC1. The lowest BCUT2D eigenvalue weighted by Crippen LogP contribution is -2.38. The van der Waals surface area contributed by atoms with Crippen molar-refractivity contribution in [2.45, 2.75) is 37.7 Å². The van der Waals surface area contributed by atoms with E-state index in [1.165, 1.54) is 9.99 Å². The van der Waals surface area contributed by atoms with Gasteiger partial charge in [-0.05, 0) is 69.6 Å². The molecule has 1 aliphatic rings. The average Bonchev–Trinajstić information content (AvgIpc) is 2.31. The molecule has 94 valence electrons. The Morgan fingerprint density at radius 2 is 2.00 bits per heavy atom. The van der Waals surface area contributed by atoms with Gasteiger partial charge in [-0.15, -0.1) is 0 Å². The van der Waals surface area contributed by atoms with E-state index in [1.807, 2.05) is 6.07 Å². The summed E-state index contributed by atoms with van der Waals surface area (Å²) in [5.41, 5.74) is 0.551. The molecule has 0 bridgehead atoms. The van der Waals surface area contributed by atoms with Gasteiger partial charge in [0.05, 0.1) is 5.60 Å². The number of hydrogen-bond acceptors (Lipinski definition) is 2. The molecular formula is C13H17BrINO. The van der Waals surface area contributed by atoms with Crippen molar-refractivity contribution in [2.24, 2.45) is 0 Å². The van der Waals surface area contributed by atoms with Gasteiger partial charge < -0.3 is 10.4 Å². The van der Waals surface area contributed by atoms with Gasteiger partial charge in [0.2, 0.25) is 0 Å². The molecular weight excluding hydrogens is 393 g/mol. The van der Waals surface area contributed by atoms with Gasteiger partial charge >= 0.3 is 0 Å². The lowest BCUT2D eigenvalue weighted by Gasteiger charge is -2.32. The Hall–Kier alpha value is 0.190. The molecule has 0 aliphatic heterocycles. The van der Waals surface area contributed by atoms with Gasteiger partial charge in [-0.1, -0.05) is 19.3 Å². The number of anilines is 1. The highest BCUT2D eigenvalue weighted by molar-refractivity contribution is 14.1. The Labute approximate surface area is 124 Å². The lowest BCUT2D eigenvalue weighted by atomic mass is 9.85. The maximum absolute atomic E-state index is 10.4. The smallest absolute Gasteiger partial charge is 0.0819 e. The van der Waals surface area contributed by atoms with E-state index in [9.17, 15) is 5.11 Å². The van der Waals surface area contributed by atoms with Crippen molar-refractivity contribution in [1.29, 1.82) is 0 Å². The molecule has 0 aromatic heterocycles. The van der Waals surface area contributed by atoms with Crippen molar-refractivity contribution >= 4 is 44.2 Å². The van der Waals surface area contributed by atoms with E-state index >= 15 is 0 Å². The Morgan fingerprint density at radius 1 is 1.29 bits per heavy atom. The predicted octanol–water partition coefficient (Wildman–Crippen LogP) is 4.16. The van der Waals surface area contributed by atoms with E-state index in [4.69, 9.17) is 0 Å². The van der Waals surface area contributed by atoms with E-state index in [1.54, 1.807) is 0 Å². The molecule has 17 heavy (non-hydrogen) atoms. The molecule has 2 N–H and O–H groups in total. The Balaban J connectivity index is 1.99. The van der Waals surface area contributed by atoms with E-state index in [0.29, 0.717) is 6.54 Å². The number of rotatable bonds is 3. The lowest BCUT2D eigenvalue weighted by molar-refractivity contribution is 0.0167. The van der Waals surface area contributed by atoms with Crippen LogP contribution in [0.25, 0.3) is 0 Å². The third-order valence-electron chi connectivity index (χ3n) is 3.32. The van der Waals surface area contributed by atoms with E-state index in [0.717, 1.165) is 35.8 Å². The summed E-state index contributed by atoms with van der Waals surface area (Å²) < 4.78 is 2.25. The number of nitrogens with one attached hydrogen (secondary N) is 1. The zero-order chi connectivity index (χ0) is 12.3. The zero-order valence-electron chi connectivity index (χ0n) is 9.68. The van der Waals surface area contributed by atoms with Gasteiger partial charge in [-0.3, -0.25) is 0 Å². The van der Waals surface area contributed by atoms with Gasteiger partial charge in [0.15, 0.2) is 0 Å². The summed E-state index contributed by atoms with van der Waals surface area (Å²) in [6, 6.07) is 6.19. The third kappa shape index (κ3) is 3.83. The summed E-state index contributed by atoms with van der Waals surface area (Å²) in [4.78, 5) is 0. The molecule has 4 heteroatoms. The van der Waals surface area contributed by atoms with Gasteiger partial charge in [-0.25, -0.2) is 0 Å². The van der Waals surface area contributed by atoms with Crippen LogP contribution in [0.3, 0.4) is 0 Å². The van der Waals surface area contributed by atoms with Gasteiger partial charge in [-0.2, -0.15) is 0 Å². The third-order valence-corrected chi connectivity index (χ3v) is 4.68. The van der Waals surface area contributed by atoms with Crippen LogP contribution in [-0.4, -0.2) is 17.3 Å². The summed E-state index contributed by atoms with van der Waals surface area (Å²) >= 11 is 5.82. The fourth-order valence-electron chi connectivity index (χ4n) is 2.28. The van der Waals surface area contributed by atoms with Gasteiger partial charge in [0.1, 0.15) is 0 Å². The molecule has 0 heterocycles. The fraction of sp³-hybridized carbons (Fsp3) is 0.538. The second kappa shape index (κ2) is 5.89. The summed E-state index contributed by atoms with van der Waals surface area (Å²) in [7, 11) is 0. The maximum atomic E-state index is 10.4. The summed E-state index contributed by atoms with van der Waals surface area (Å²) in [6.07, 6.45) is 5.38. The highest BCUT2D eigenvalue weighted by Crippen LogP contribution is 2.30. The van der Waals surface area contributed by atoms with Crippen LogP contribution in [0, 0.1) is 3.57 Å². The molecule has 0 atom stereocenters. The van der Waals surface area contributed by atoms with Crippen molar-refractivity contribution in [3.8, 4) is 0 Å². The van der Waals surface area contributed by atoms with Gasteiger partial charge in [0, 0.05) is 20.3 Å². The van der Waals surface area contributed by atoms with E-state index in [-0.39, 0.29) is 0 Å². The Bertz CT molecular complexity index is 391. The largest absolute Gasteiger partial charge is 0.388 e. The van der Waals surface area contributed by atoms with Crippen LogP contribution >= 0.6 is 38.5 Å². The molecule has 1 fully saturated rings. The summed E-state index contributed by atoms with van der Waals surface area (Å²) in [5.74, 6) is 0. The fourth-order valence-corrected chi connectivity index (χ4v) is 3.16. The maximum Gasteiger partial charge on any atom is 0.0819 e. The first-order chi connectivity index (χ1) is 8.09. The molecule has 2 nitrogen and oxygen atoms in total. The molecule has 0 amide bonds. The van der Waals surface area contributed by atoms with Crippen molar-refractivity contribution in [1.82, 2.24) is 0 Å². The number of hydrogen-bond donors (Lipinski definition) is 2. The summed E-state index contributed by atoms with van der Waals surface area (Å²) in [6.45, 7) is 0.645. The molecule has 0 radical (unpaired) electrons. The van der Waals surface area contributed by atoms with Crippen molar-refractivity contribution in [3.63, 3.8) is 0 Å². The molecule has 1 aliphatic carbocycles. The summed E-state index contributed by atoms with van der Waals surface area (Å²) in [5, 5.41) is 13.8. The van der Waals surface area contributed by atoms with Crippen LogP contribution in [0.15, 0.2) is 22.7 Å². The van der Waals surface area contributed by atoms with Crippen LogP contribution < -0.4 is 5.32 Å². The molecule has 0 saturated heterocycles. The normalized spacial score (nSPS) is 19.0. The first-order valence-corrected chi connectivity index (χ1v) is 7.88. The Morgan fingerprint density at radius 3 is 2.71 bits per heavy atom. The average molecular weight is 410 g/mol. The number of halogens is 2. The molecule has 1 aromatic rings. The number of aliphatic hydroxyl groups is 1. The van der Waals surface area contributed by atoms with Crippen LogP contribution in [0.1, 0.15) is 32.1 Å². The van der Waals surface area contributed by atoms with Crippen molar-refractivity contribution in [3.05, 3.63) is 26.2 Å². The van der Waals surface area contributed by atoms with Crippen LogP contribution in [0.5, 0.6) is 0 Å². The molecule has 2 rings (SSSR count). The highest BCUT2D eigenvalue weighted by Gasteiger charge is 2.28. The van der Waals surface area contributed by atoms with Crippen LogP contribution in [0.4, 0.5) is 5.69 Å². The topological polar surface area (TPSA) is 32.3 Å². The first-order valence-electron chi connectivity index (χ1n) is 6.00. The minimum absolute atomic E-state index is 0.515. The minimum Gasteiger partial charge on any atom is -0.388 e. The van der Waals surface area contributed by atoms with Gasteiger partial charge in [0.25, 0.3) is 0 Å². The predicted molar refractivity (Wildman–Crippen MR) is 83.4 cm³/mol.